The van der Waals surface area contributed by atoms with E-state index in [1.807, 2.05) is 30.5 Å². The van der Waals surface area contributed by atoms with Gasteiger partial charge in [-0.3, -0.25) is 4.79 Å². The molecule has 1 aliphatic heterocycles. The van der Waals surface area contributed by atoms with Crippen LogP contribution in [0.4, 0.5) is 14.9 Å². The van der Waals surface area contributed by atoms with Gasteiger partial charge in [-0.15, -0.1) is 0 Å². The number of carbonyl (C=O) groups excluding carboxylic acids is 2. The van der Waals surface area contributed by atoms with E-state index in [1.54, 1.807) is 42.5 Å². The van der Waals surface area contributed by atoms with Gasteiger partial charge in [0.15, 0.2) is 0 Å². The first-order valence-electron chi connectivity index (χ1n) is 8.83. The Kier molecular flexibility index (Phi) is 4.31. The summed E-state index contributed by atoms with van der Waals surface area (Å²) < 4.78 is 15.2. The minimum atomic E-state index is -0.477. The molecular weight excluding hydrogens is 357 g/mol. The Morgan fingerprint density at radius 3 is 2.29 bits per heavy atom. The molecular formula is C22H18FN3O2. The van der Waals surface area contributed by atoms with Crippen molar-refractivity contribution in [1.29, 1.82) is 0 Å². The summed E-state index contributed by atoms with van der Waals surface area (Å²) in [6, 6.07) is 16.4. The summed E-state index contributed by atoms with van der Waals surface area (Å²) >= 11 is 0. The van der Waals surface area contributed by atoms with Crippen LogP contribution in [0.3, 0.4) is 0 Å². The molecule has 0 atom stereocenters. The number of benzene rings is 2. The van der Waals surface area contributed by atoms with Gasteiger partial charge in [-0.2, -0.15) is 0 Å². The number of aryl methyl sites for hydroxylation is 1. The Morgan fingerprint density at radius 1 is 0.929 bits per heavy atom. The molecule has 0 aliphatic carbocycles. The molecule has 0 unspecified atom stereocenters. The van der Waals surface area contributed by atoms with Gasteiger partial charge in [0.1, 0.15) is 11.5 Å². The number of para-hydroxylation sites is 1. The molecule has 1 fully saturated rings. The van der Waals surface area contributed by atoms with Crippen LogP contribution in [0.15, 0.2) is 66.4 Å². The van der Waals surface area contributed by atoms with E-state index in [9.17, 15) is 14.0 Å². The van der Waals surface area contributed by atoms with Crippen LogP contribution < -0.4 is 10.2 Å². The van der Waals surface area contributed by atoms with E-state index in [4.69, 9.17) is 0 Å². The maximum Gasteiger partial charge on any atom is 0.333 e. The number of imide groups is 1. The summed E-state index contributed by atoms with van der Waals surface area (Å²) in [4.78, 5) is 26.2. The van der Waals surface area contributed by atoms with E-state index >= 15 is 0 Å². The van der Waals surface area contributed by atoms with Crippen molar-refractivity contribution >= 4 is 23.7 Å². The molecule has 6 heteroatoms. The molecule has 28 heavy (non-hydrogen) atoms. The van der Waals surface area contributed by atoms with E-state index in [0.717, 1.165) is 27.5 Å². The van der Waals surface area contributed by atoms with Gasteiger partial charge >= 0.3 is 6.03 Å². The second kappa shape index (κ2) is 6.81. The number of anilines is 1. The number of amides is 3. The lowest BCUT2D eigenvalue weighted by Crippen LogP contribution is -2.30. The highest BCUT2D eigenvalue weighted by molar-refractivity contribution is 6.28. The minimum Gasteiger partial charge on any atom is -0.318 e. The van der Waals surface area contributed by atoms with Crippen LogP contribution in [-0.4, -0.2) is 16.5 Å². The van der Waals surface area contributed by atoms with Gasteiger partial charge in [0.25, 0.3) is 5.91 Å². The highest BCUT2D eigenvalue weighted by Crippen LogP contribution is 2.26. The summed E-state index contributed by atoms with van der Waals surface area (Å²) in [5, 5.41) is 2.64. The lowest BCUT2D eigenvalue weighted by molar-refractivity contribution is -0.113. The molecule has 1 aromatic heterocycles. The summed E-state index contributed by atoms with van der Waals surface area (Å²) in [6.45, 7) is 3.85. The van der Waals surface area contributed by atoms with Gasteiger partial charge in [-0.05, 0) is 68.0 Å². The van der Waals surface area contributed by atoms with Crippen molar-refractivity contribution in [2.75, 3.05) is 4.90 Å². The first-order valence-corrected chi connectivity index (χ1v) is 8.83. The number of carbonyl (C=O) groups is 2. The summed E-state index contributed by atoms with van der Waals surface area (Å²) in [7, 11) is 0. The van der Waals surface area contributed by atoms with Crippen LogP contribution in [0.5, 0.6) is 0 Å². The van der Waals surface area contributed by atoms with Crippen molar-refractivity contribution in [1.82, 2.24) is 9.88 Å². The lowest BCUT2D eigenvalue weighted by atomic mass is 10.2. The van der Waals surface area contributed by atoms with Crippen molar-refractivity contribution in [2.24, 2.45) is 0 Å². The van der Waals surface area contributed by atoms with Crippen LogP contribution in [0.25, 0.3) is 11.8 Å². The third kappa shape index (κ3) is 2.99. The number of nitrogens with one attached hydrogen (secondary N) is 1. The maximum atomic E-state index is 13.2. The highest BCUT2D eigenvalue weighted by atomic mass is 19.1. The number of urea groups is 1. The fourth-order valence-corrected chi connectivity index (χ4v) is 3.42. The van der Waals surface area contributed by atoms with E-state index in [2.05, 4.69) is 5.32 Å². The molecule has 2 aromatic carbocycles. The zero-order valence-corrected chi connectivity index (χ0v) is 15.4. The van der Waals surface area contributed by atoms with Gasteiger partial charge in [-0.1, -0.05) is 18.2 Å². The van der Waals surface area contributed by atoms with Crippen molar-refractivity contribution in [3.05, 3.63) is 89.1 Å². The molecule has 0 bridgehead atoms. The second-order valence-electron chi connectivity index (χ2n) is 6.60. The zero-order valence-electron chi connectivity index (χ0n) is 15.4. The van der Waals surface area contributed by atoms with Crippen LogP contribution in [-0.2, 0) is 4.79 Å². The van der Waals surface area contributed by atoms with Gasteiger partial charge in [0.05, 0.1) is 5.69 Å². The largest absolute Gasteiger partial charge is 0.333 e. The predicted octanol–water partition coefficient (Wildman–Crippen LogP) is 4.33. The SMILES string of the molecule is Cc1cc(/C=C2/NC(=O)N(c3ccccc3)C2=O)c(C)n1-c1ccc(F)cc1. The predicted molar refractivity (Wildman–Crippen MR) is 106 cm³/mol. The number of aromatic nitrogens is 1. The first kappa shape index (κ1) is 17.7. The van der Waals surface area contributed by atoms with E-state index in [0.29, 0.717) is 5.69 Å². The summed E-state index contributed by atoms with van der Waals surface area (Å²) in [5.74, 6) is -0.698. The van der Waals surface area contributed by atoms with Crippen molar-refractivity contribution in [2.45, 2.75) is 13.8 Å². The van der Waals surface area contributed by atoms with Gasteiger partial charge in [0.2, 0.25) is 0 Å². The Morgan fingerprint density at radius 2 is 1.61 bits per heavy atom. The molecule has 1 N–H and O–H groups in total. The molecule has 2 heterocycles. The van der Waals surface area contributed by atoms with Crippen molar-refractivity contribution in [3.63, 3.8) is 0 Å². The monoisotopic (exact) mass is 375 g/mol. The number of halogens is 1. The molecule has 1 saturated heterocycles. The Labute approximate surface area is 161 Å². The van der Waals surface area contributed by atoms with E-state index < -0.39 is 11.9 Å². The normalized spacial score (nSPS) is 15.4. The first-order chi connectivity index (χ1) is 13.5. The van der Waals surface area contributed by atoms with Crippen LogP contribution in [0.2, 0.25) is 0 Å². The second-order valence-corrected chi connectivity index (χ2v) is 6.60. The quantitative estimate of drug-likeness (QED) is 0.547. The average Bonchev–Trinajstić information content (AvgIpc) is 3.12. The number of hydrogen-bond donors (Lipinski definition) is 1. The summed E-state index contributed by atoms with van der Waals surface area (Å²) in [6.07, 6.45) is 1.67. The molecule has 0 spiro atoms. The number of hydrogen-bond acceptors (Lipinski definition) is 2. The van der Waals surface area contributed by atoms with Crippen molar-refractivity contribution in [3.8, 4) is 5.69 Å². The summed E-state index contributed by atoms with van der Waals surface area (Å²) in [5.41, 5.74) is 4.19. The highest BCUT2D eigenvalue weighted by Gasteiger charge is 2.34. The smallest absolute Gasteiger partial charge is 0.318 e. The molecule has 4 rings (SSSR count). The van der Waals surface area contributed by atoms with Crippen LogP contribution in [0.1, 0.15) is 17.0 Å². The number of rotatable bonds is 3. The molecule has 1 aliphatic rings. The molecule has 0 radical (unpaired) electrons. The molecule has 140 valence electrons. The fourth-order valence-electron chi connectivity index (χ4n) is 3.42. The maximum absolute atomic E-state index is 13.2. The third-order valence-corrected chi connectivity index (χ3v) is 4.75. The Hall–Kier alpha value is -3.67. The average molecular weight is 375 g/mol. The van der Waals surface area contributed by atoms with E-state index in [-0.39, 0.29) is 11.5 Å². The van der Waals surface area contributed by atoms with Gasteiger partial charge < -0.3 is 9.88 Å². The standard InChI is InChI=1S/C22H18FN3O2/c1-14-12-16(15(2)25(14)19-10-8-17(23)9-11-19)13-20-21(27)26(22(28)24-20)18-6-4-3-5-7-18/h3-13H,1-2H3,(H,24,28)/b20-13+. The fraction of sp³-hybridized carbons (Fsp3) is 0.0909. The molecule has 0 saturated carbocycles. The van der Waals surface area contributed by atoms with E-state index in [1.165, 1.54) is 12.1 Å². The van der Waals surface area contributed by atoms with Crippen LogP contribution in [0, 0.1) is 19.7 Å². The van der Waals surface area contributed by atoms with Gasteiger partial charge in [-0.25, -0.2) is 14.1 Å². The molecule has 3 amide bonds. The van der Waals surface area contributed by atoms with Crippen LogP contribution >= 0.6 is 0 Å². The number of nitrogens with zero attached hydrogens (tertiary/aromatic N) is 2. The third-order valence-electron chi connectivity index (χ3n) is 4.75. The Balaban J connectivity index is 1.70. The molecule has 5 nitrogen and oxygen atoms in total. The van der Waals surface area contributed by atoms with Crippen molar-refractivity contribution < 1.29 is 14.0 Å². The Bertz CT molecular complexity index is 1100. The lowest BCUT2D eigenvalue weighted by Gasteiger charge is -2.11. The van der Waals surface area contributed by atoms with Gasteiger partial charge in [0, 0.05) is 17.1 Å². The topological polar surface area (TPSA) is 54.3 Å². The zero-order chi connectivity index (χ0) is 19.8. The molecule has 3 aromatic rings. The minimum absolute atomic E-state index is 0.216.